The second kappa shape index (κ2) is 16.4. The molecule has 0 saturated heterocycles. The zero-order valence-corrected chi connectivity index (χ0v) is 36.2. The molecule has 300 valence electrons. The van der Waals surface area contributed by atoms with Gasteiger partial charge in [0.05, 0.1) is 6.04 Å². The Balaban J connectivity index is 1.01. The number of fused-ring (bicyclic) bond motifs is 6. The average molecular weight is 844 g/mol. The molecule has 0 radical (unpaired) electrons. The minimum atomic E-state index is -0.150. The van der Waals surface area contributed by atoms with E-state index in [0.29, 0.717) is 11.7 Å². The minimum Gasteiger partial charge on any atom is -0.383 e. The van der Waals surface area contributed by atoms with Crippen molar-refractivity contribution in [1.82, 2.24) is 0 Å². The van der Waals surface area contributed by atoms with Gasteiger partial charge < -0.3 is 5.73 Å². The molecule has 0 aliphatic rings. The predicted octanol–water partition coefficient (Wildman–Crippen LogP) is 16.0. The van der Waals surface area contributed by atoms with E-state index in [0.717, 1.165) is 48.9 Å². The topological polar surface area (TPSA) is 50.7 Å². The molecule has 2 heterocycles. The number of rotatable bonds is 8. The highest BCUT2D eigenvalue weighted by Gasteiger charge is 2.17. The van der Waals surface area contributed by atoms with Crippen LogP contribution in [0, 0.1) is 0 Å². The maximum absolute atomic E-state index is 7.20. The Morgan fingerprint density at radius 2 is 1.03 bits per heavy atom. The molecular formula is C58H41N3S2. The van der Waals surface area contributed by atoms with E-state index in [1.54, 1.807) is 11.3 Å². The molecule has 0 bridgehead atoms. The monoisotopic (exact) mass is 843 g/mol. The first kappa shape index (κ1) is 38.5. The third-order valence-corrected chi connectivity index (χ3v) is 14.3. The standard InChI is InChI=1S/C58H41N3S2/c1-37(38-16-4-2-5-17-38)60-58(44-23-13-22-43(35-44)47-27-14-28-49-48-26-10-11-30-52(48)63-56(47)49)61-57(59)50-29-15-31-54-55(50)51-36-41(32-33-53(51)62-54)40-20-12-21-42(34-40)46-25-9-8-24-45(46)39-18-6-3-7-19-39/h2-37H,1H3,(H2,59,60,61)/t37-/m1/s1. The smallest absolute Gasteiger partial charge is 0.157 e. The summed E-state index contributed by atoms with van der Waals surface area (Å²) in [7, 11) is 0. The molecule has 3 nitrogen and oxygen atoms in total. The van der Waals surface area contributed by atoms with Gasteiger partial charge in [0.1, 0.15) is 5.84 Å². The van der Waals surface area contributed by atoms with Crippen LogP contribution in [0.1, 0.15) is 29.7 Å². The number of nitrogens with two attached hydrogens (primary N) is 1. The second-order valence-corrected chi connectivity index (χ2v) is 18.0. The van der Waals surface area contributed by atoms with E-state index in [9.17, 15) is 0 Å². The minimum absolute atomic E-state index is 0.150. The third-order valence-electron chi connectivity index (χ3n) is 12.0. The van der Waals surface area contributed by atoms with Gasteiger partial charge >= 0.3 is 0 Å². The maximum atomic E-state index is 7.20. The van der Waals surface area contributed by atoms with Gasteiger partial charge in [0.15, 0.2) is 5.84 Å². The summed E-state index contributed by atoms with van der Waals surface area (Å²) in [4.78, 5) is 10.6. The summed E-state index contributed by atoms with van der Waals surface area (Å²) in [5.41, 5.74) is 19.6. The first-order chi connectivity index (χ1) is 31.1. The lowest BCUT2D eigenvalue weighted by molar-refractivity contribution is 0.818. The Morgan fingerprint density at radius 3 is 1.87 bits per heavy atom. The van der Waals surface area contributed by atoms with Crippen molar-refractivity contribution >= 4 is 74.7 Å². The van der Waals surface area contributed by atoms with Gasteiger partial charge in [-0.15, -0.1) is 22.7 Å². The van der Waals surface area contributed by atoms with Gasteiger partial charge in [-0.2, -0.15) is 0 Å². The zero-order chi connectivity index (χ0) is 42.3. The Morgan fingerprint density at radius 1 is 0.444 bits per heavy atom. The highest BCUT2D eigenvalue weighted by Crippen LogP contribution is 2.42. The summed E-state index contributed by atoms with van der Waals surface area (Å²) < 4.78 is 4.93. The summed E-state index contributed by atoms with van der Waals surface area (Å²) in [6, 6.07) is 75.4. The second-order valence-electron chi connectivity index (χ2n) is 15.9. The molecule has 11 aromatic rings. The van der Waals surface area contributed by atoms with Gasteiger partial charge in [-0.1, -0.05) is 176 Å². The SMILES string of the molecule is C[C@@H](/N=C(\N=C(/N)c1cccc2sc3ccc(-c4cccc(-c5ccccc5-c5ccccc5)c4)cc3c12)c1cccc(-c2cccc3c2sc2ccccc23)c1)c1ccccc1. The molecule has 0 saturated carbocycles. The van der Waals surface area contributed by atoms with E-state index >= 15 is 0 Å². The molecule has 5 heteroatoms. The molecule has 0 fully saturated rings. The molecule has 2 N–H and O–H groups in total. The third kappa shape index (κ3) is 7.31. The number of thiophene rings is 2. The van der Waals surface area contributed by atoms with Crippen molar-refractivity contribution in [2.24, 2.45) is 15.7 Å². The van der Waals surface area contributed by atoms with Crippen LogP contribution in [-0.4, -0.2) is 11.7 Å². The van der Waals surface area contributed by atoms with E-state index in [1.165, 1.54) is 52.7 Å². The van der Waals surface area contributed by atoms with Crippen LogP contribution in [0.15, 0.2) is 222 Å². The lowest BCUT2D eigenvalue weighted by Gasteiger charge is -2.13. The molecule has 9 aromatic carbocycles. The molecule has 11 rings (SSSR count). The van der Waals surface area contributed by atoms with Gasteiger partial charge in [-0.05, 0) is 93.4 Å². The first-order valence-corrected chi connectivity index (χ1v) is 22.9. The lowest BCUT2D eigenvalue weighted by Crippen LogP contribution is -2.17. The number of amidine groups is 2. The summed E-state index contributed by atoms with van der Waals surface area (Å²) in [5, 5.41) is 4.82. The fourth-order valence-corrected chi connectivity index (χ4v) is 11.2. The van der Waals surface area contributed by atoms with E-state index in [-0.39, 0.29) is 6.04 Å². The van der Waals surface area contributed by atoms with Crippen molar-refractivity contribution in [2.75, 3.05) is 0 Å². The summed E-state index contributed by atoms with van der Waals surface area (Å²) in [5.74, 6) is 1.03. The molecule has 0 amide bonds. The maximum Gasteiger partial charge on any atom is 0.157 e. The Labute approximate surface area is 374 Å². The molecule has 2 aromatic heterocycles. The molecule has 0 spiro atoms. The summed E-state index contributed by atoms with van der Waals surface area (Å²) in [6.45, 7) is 2.12. The predicted molar refractivity (Wildman–Crippen MR) is 273 cm³/mol. The van der Waals surface area contributed by atoms with E-state index < -0.39 is 0 Å². The lowest BCUT2D eigenvalue weighted by atomic mass is 9.92. The van der Waals surface area contributed by atoms with Crippen molar-refractivity contribution in [1.29, 1.82) is 0 Å². The van der Waals surface area contributed by atoms with Gasteiger partial charge in [-0.3, -0.25) is 4.99 Å². The van der Waals surface area contributed by atoms with Crippen molar-refractivity contribution in [3.63, 3.8) is 0 Å². The molecular weight excluding hydrogens is 803 g/mol. The van der Waals surface area contributed by atoms with Crippen LogP contribution in [0.25, 0.3) is 84.9 Å². The number of benzene rings is 9. The van der Waals surface area contributed by atoms with Crippen LogP contribution in [0.2, 0.25) is 0 Å². The zero-order valence-electron chi connectivity index (χ0n) is 34.6. The van der Waals surface area contributed by atoms with E-state index in [2.05, 4.69) is 213 Å². The molecule has 0 aliphatic heterocycles. The van der Waals surface area contributed by atoms with Gasteiger partial charge in [-0.25, -0.2) is 4.99 Å². The molecule has 0 aliphatic carbocycles. The highest BCUT2D eigenvalue weighted by molar-refractivity contribution is 7.26. The molecule has 0 unspecified atom stereocenters. The normalized spacial score (nSPS) is 12.7. The number of aliphatic imine (C=N–C) groups is 2. The fraction of sp³-hybridized carbons (Fsp3) is 0.0345. The van der Waals surface area contributed by atoms with Crippen molar-refractivity contribution < 1.29 is 0 Å². The van der Waals surface area contributed by atoms with Crippen LogP contribution in [0.4, 0.5) is 0 Å². The van der Waals surface area contributed by atoms with Crippen LogP contribution in [0.5, 0.6) is 0 Å². The Hall–Kier alpha value is -7.44. The number of hydrogen-bond donors (Lipinski definition) is 1. The molecule has 63 heavy (non-hydrogen) atoms. The summed E-state index contributed by atoms with van der Waals surface area (Å²) >= 11 is 3.62. The summed E-state index contributed by atoms with van der Waals surface area (Å²) in [6.07, 6.45) is 0. The van der Waals surface area contributed by atoms with Gasteiger partial charge in [0, 0.05) is 51.5 Å². The van der Waals surface area contributed by atoms with E-state index in [4.69, 9.17) is 15.7 Å². The fourth-order valence-electron chi connectivity index (χ4n) is 8.82. The molecule has 1 atom stereocenters. The van der Waals surface area contributed by atoms with Crippen LogP contribution in [0.3, 0.4) is 0 Å². The van der Waals surface area contributed by atoms with Crippen molar-refractivity contribution in [3.05, 3.63) is 229 Å². The largest absolute Gasteiger partial charge is 0.383 e. The highest BCUT2D eigenvalue weighted by atomic mass is 32.1. The average Bonchev–Trinajstić information content (AvgIpc) is 3.93. The first-order valence-electron chi connectivity index (χ1n) is 21.2. The van der Waals surface area contributed by atoms with Gasteiger partial charge in [0.25, 0.3) is 0 Å². The van der Waals surface area contributed by atoms with Crippen molar-refractivity contribution in [2.45, 2.75) is 13.0 Å². The Kier molecular flexibility index (Phi) is 10.0. The van der Waals surface area contributed by atoms with Crippen LogP contribution in [-0.2, 0) is 0 Å². The number of nitrogens with zero attached hydrogens (tertiary/aromatic N) is 2. The quantitative estimate of drug-likeness (QED) is 0.120. The van der Waals surface area contributed by atoms with Gasteiger partial charge in [0.2, 0.25) is 0 Å². The number of hydrogen-bond acceptors (Lipinski definition) is 3. The Bertz CT molecular complexity index is 3540. The van der Waals surface area contributed by atoms with Crippen LogP contribution < -0.4 is 5.73 Å². The van der Waals surface area contributed by atoms with E-state index in [1.807, 2.05) is 17.4 Å². The van der Waals surface area contributed by atoms with Crippen LogP contribution >= 0.6 is 22.7 Å². The van der Waals surface area contributed by atoms with Crippen molar-refractivity contribution in [3.8, 4) is 44.5 Å².